The van der Waals surface area contributed by atoms with E-state index in [4.69, 9.17) is 28.2 Å². The predicted octanol–water partition coefficient (Wildman–Crippen LogP) is 11.9. The molecule has 0 fully saturated rings. The van der Waals surface area contributed by atoms with Crippen molar-refractivity contribution in [3.05, 3.63) is 150 Å². The molecule has 0 atom stereocenters. The first-order chi connectivity index (χ1) is 25.2. The number of fused-ring (bicyclic) bond motifs is 9. The normalized spacial score (nSPS) is 13.1. The second kappa shape index (κ2) is 10.9. The summed E-state index contributed by atoms with van der Waals surface area (Å²) in [4.78, 5) is 15.4. The second-order valence-electron chi connectivity index (χ2n) is 13.0. The van der Waals surface area contributed by atoms with Gasteiger partial charge in [-0.3, -0.25) is 0 Å². The van der Waals surface area contributed by atoms with Crippen molar-refractivity contribution in [2.45, 2.75) is 12.8 Å². The van der Waals surface area contributed by atoms with Crippen LogP contribution in [0.5, 0.6) is 0 Å². The van der Waals surface area contributed by atoms with Gasteiger partial charge in [-0.1, -0.05) is 91.0 Å². The minimum Gasteiger partial charge on any atom is -0.460 e. The van der Waals surface area contributed by atoms with Gasteiger partial charge in [0.05, 0.1) is 0 Å². The van der Waals surface area contributed by atoms with Crippen LogP contribution >= 0.6 is 0 Å². The maximum absolute atomic E-state index is 6.72. The third kappa shape index (κ3) is 4.40. The van der Waals surface area contributed by atoms with Crippen LogP contribution in [0, 0.1) is 0 Å². The summed E-state index contributed by atoms with van der Waals surface area (Å²) in [5.41, 5.74) is 10.4. The van der Waals surface area contributed by atoms with E-state index in [1.807, 2.05) is 84.9 Å². The van der Waals surface area contributed by atoms with Crippen molar-refractivity contribution in [2.24, 2.45) is 0 Å². The second-order valence-corrected chi connectivity index (χ2v) is 13.0. The zero-order valence-electron chi connectivity index (χ0n) is 27.3. The van der Waals surface area contributed by atoms with Gasteiger partial charge in [0.25, 0.3) is 0 Å². The summed E-state index contributed by atoms with van der Waals surface area (Å²) in [5.74, 6) is 2.81. The average molecular weight is 658 g/mol. The van der Waals surface area contributed by atoms with E-state index in [1.54, 1.807) is 0 Å². The minimum atomic E-state index is 0.583. The Bertz CT molecular complexity index is 3040. The average Bonchev–Trinajstić information content (AvgIpc) is 3.89. The monoisotopic (exact) mass is 657 g/mol. The van der Waals surface area contributed by atoms with Gasteiger partial charge < -0.3 is 13.3 Å². The highest BCUT2D eigenvalue weighted by atomic mass is 16.3. The minimum absolute atomic E-state index is 0.583. The number of hydrogen-bond donors (Lipinski definition) is 0. The highest BCUT2D eigenvalue weighted by Crippen LogP contribution is 2.44. The van der Waals surface area contributed by atoms with Gasteiger partial charge in [0.2, 0.25) is 0 Å². The zero-order chi connectivity index (χ0) is 33.5. The van der Waals surface area contributed by atoms with E-state index < -0.39 is 0 Å². The first kappa shape index (κ1) is 28.1. The Labute approximate surface area is 291 Å². The Kier molecular flexibility index (Phi) is 5.98. The van der Waals surface area contributed by atoms with E-state index in [-0.39, 0.29) is 0 Å². The van der Waals surface area contributed by atoms with Crippen molar-refractivity contribution >= 4 is 66.5 Å². The molecule has 0 saturated heterocycles. The van der Waals surface area contributed by atoms with Gasteiger partial charge in [-0.25, -0.2) is 15.0 Å². The molecular weight excluding hydrogens is 631 g/mol. The fourth-order valence-electron chi connectivity index (χ4n) is 7.64. The van der Waals surface area contributed by atoms with Crippen molar-refractivity contribution in [3.63, 3.8) is 0 Å². The fraction of sp³-hybridized carbons (Fsp3) is 0.0444. The lowest BCUT2D eigenvalue weighted by Crippen LogP contribution is -2.01. The topological polar surface area (TPSA) is 78.1 Å². The van der Waals surface area contributed by atoms with E-state index in [1.165, 1.54) is 5.57 Å². The molecule has 240 valence electrons. The van der Waals surface area contributed by atoms with Crippen LogP contribution in [0.15, 0.2) is 147 Å². The van der Waals surface area contributed by atoms with Crippen LogP contribution in [0.3, 0.4) is 0 Å². The molecule has 0 aliphatic heterocycles. The molecule has 0 amide bonds. The first-order valence-electron chi connectivity index (χ1n) is 17.1. The third-order valence-electron chi connectivity index (χ3n) is 10.1. The number of aromatic nitrogens is 3. The Morgan fingerprint density at radius 2 is 1.06 bits per heavy atom. The number of rotatable bonds is 4. The number of nitrogens with zero attached hydrogens (tertiary/aromatic N) is 3. The third-order valence-corrected chi connectivity index (χ3v) is 10.1. The van der Waals surface area contributed by atoms with Gasteiger partial charge in [-0.05, 0) is 60.5 Å². The van der Waals surface area contributed by atoms with Gasteiger partial charge in [0, 0.05) is 61.2 Å². The van der Waals surface area contributed by atoms with Gasteiger partial charge >= 0.3 is 0 Å². The Hall–Kier alpha value is -6.79. The molecule has 10 aromatic rings. The number of para-hydroxylation sites is 3. The van der Waals surface area contributed by atoms with E-state index in [9.17, 15) is 0 Å². The maximum Gasteiger partial charge on any atom is 0.164 e. The summed E-state index contributed by atoms with van der Waals surface area (Å²) in [6.07, 6.45) is 3.95. The fourth-order valence-corrected chi connectivity index (χ4v) is 7.64. The molecule has 51 heavy (non-hydrogen) atoms. The maximum atomic E-state index is 6.72. The summed E-state index contributed by atoms with van der Waals surface area (Å²) in [6.45, 7) is 0. The molecule has 0 spiro atoms. The molecule has 6 heteroatoms. The quantitative estimate of drug-likeness (QED) is 0.187. The van der Waals surface area contributed by atoms with E-state index in [0.29, 0.717) is 17.5 Å². The predicted molar refractivity (Wildman–Crippen MR) is 203 cm³/mol. The Balaban J connectivity index is 1.14. The number of furan rings is 3. The standard InChI is InChI=1S/C45H27N3O3/c1-2-10-26(11-3-1)43-46-44(28-19-23-40-35(25-28)31-13-5-8-16-37(31)50-40)48-45(47-43)33-21-20-29(42-41(33)32-14-6-9-17-38(32)51-42)27-18-22-39-34(24-27)30-12-4-7-15-36(30)49-39/h1-17,19-21,23-25H,18,22H2. The number of allylic oxidation sites excluding steroid dienone is 1. The van der Waals surface area contributed by atoms with Gasteiger partial charge in [0.1, 0.15) is 33.7 Å². The van der Waals surface area contributed by atoms with E-state index >= 15 is 0 Å². The molecule has 1 aliphatic rings. The SMILES string of the molecule is C1=C(c2ccc(-c3nc(-c4ccccc4)nc(-c4ccc5oc6ccccc6c5c4)n3)c3c2oc2ccccc23)CCc2oc3ccccc3c21. The summed E-state index contributed by atoms with van der Waals surface area (Å²) >= 11 is 0. The van der Waals surface area contributed by atoms with E-state index in [2.05, 4.69) is 54.6 Å². The Morgan fingerprint density at radius 3 is 1.88 bits per heavy atom. The van der Waals surface area contributed by atoms with Crippen molar-refractivity contribution < 1.29 is 13.3 Å². The van der Waals surface area contributed by atoms with Crippen molar-refractivity contribution in [1.29, 1.82) is 0 Å². The molecule has 6 aromatic carbocycles. The molecule has 0 unspecified atom stereocenters. The van der Waals surface area contributed by atoms with Crippen LogP contribution < -0.4 is 0 Å². The van der Waals surface area contributed by atoms with E-state index in [0.717, 1.165) is 101 Å². The lowest BCUT2D eigenvalue weighted by atomic mass is 9.89. The van der Waals surface area contributed by atoms with Crippen LogP contribution in [0.2, 0.25) is 0 Å². The van der Waals surface area contributed by atoms with Crippen LogP contribution in [0.25, 0.3) is 101 Å². The largest absolute Gasteiger partial charge is 0.460 e. The molecule has 11 rings (SSSR count). The molecule has 6 nitrogen and oxygen atoms in total. The van der Waals surface area contributed by atoms with Crippen LogP contribution in [-0.4, -0.2) is 15.0 Å². The van der Waals surface area contributed by atoms with Crippen molar-refractivity contribution in [1.82, 2.24) is 15.0 Å². The van der Waals surface area contributed by atoms with Gasteiger partial charge in [-0.2, -0.15) is 0 Å². The summed E-state index contributed by atoms with van der Waals surface area (Å²) in [5, 5.41) is 5.22. The summed E-state index contributed by atoms with van der Waals surface area (Å²) in [6, 6.07) is 45.1. The van der Waals surface area contributed by atoms with Crippen molar-refractivity contribution in [3.8, 4) is 34.2 Å². The molecule has 1 aliphatic carbocycles. The zero-order valence-corrected chi connectivity index (χ0v) is 27.3. The number of aryl methyl sites for hydroxylation is 1. The van der Waals surface area contributed by atoms with Crippen molar-refractivity contribution in [2.75, 3.05) is 0 Å². The lowest BCUT2D eigenvalue weighted by Gasteiger charge is -2.15. The van der Waals surface area contributed by atoms with Crippen LogP contribution in [0.4, 0.5) is 0 Å². The van der Waals surface area contributed by atoms with Crippen LogP contribution in [-0.2, 0) is 6.42 Å². The number of benzene rings is 6. The molecule has 0 radical (unpaired) electrons. The van der Waals surface area contributed by atoms with Gasteiger partial charge in [0.15, 0.2) is 17.5 Å². The lowest BCUT2D eigenvalue weighted by molar-refractivity contribution is 0.547. The smallest absolute Gasteiger partial charge is 0.164 e. The molecule has 4 heterocycles. The molecule has 0 N–H and O–H groups in total. The van der Waals surface area contributed by atoms with Crippen LogP contribution in [0.1, 0.15) is 23.3 Å². The molecular formula is C45H27N3O3. The highest BCUT2D eigenvalue weighted by molar-refractivity contribution is 6.15. The molecule has 0 bridgehead atoms. The Morgan fingerprint density at radius 1 is 0.431 bits per heavy atom. The first-order valence-corrected chi connectivity index (χ1v) is 17.1. The molecule has 0 saturated carbocycles. The highest BCUT2D eigenvalue weighted by Gasteiger charge is 2.24. The van der Waals surface area contributed by atoms with Gasteiger partial charge in [-0.15, -0.1) is 0 Å². The summed E-state index contributed by atoms with van der Waals surface area (Å²) < 4.78 is 19.1. The summed E-state index contributed by atoms with van der Waals surface area (Å²) in [7, 11) is 0. The molecule has 4 aromatic heterocycles. The number of hydrogen-bond acceptors (Lipinski definition) is 6.